The normalized spacial score (nSPS) is 17.0. The molecule has 1 aromatic carbocycles. The molecule has 116 valence electrons. The van der Waals surface area contributed by atoms with E-state index in [9.17, 15) is 4.79 Å². The van der Waals surface area contributed by atoms with Crippen molar-refractivity contribution in [3.63, 3.8) is 0 Å². The van der Waals surface area contributed by atoms with Gasteiger partial charge in [-0.05, 0) is 51.1 Å². The second kappa shape index (κ2) is 6.67. The Balaban J connectivity index is 1.81. The third kappa shape index (κ3) is 4.35. The van der Waals surface area contributed by atoms with Crippen LogP contribution in [0.1, 0.15) is 20.3 Å². The average molecular weight is 311 g/mol. The fourth-order valence-corrected chi connectivity index (χ4v) is 2.55. The van der Waals surface area contributed by atoms with Crippen molar-refractivity contribution in [3.05, 3.63) is 29.3 Å². The van der Waals surface area contributed by atoms with Crippen molar-refractivity contribution >= 4 is 23.3 Å². The van der Waals surface area contributed by atoms with Gasteiger partial charge in [0.25, 0.3) is 0 Å². The third-order valence-electron chi connectivity index (χ3n) is 4.20. The standard InChI is InChI=1S/C16H23ClN2O2/c1-16(2,15(20)21)7-8-18-9-11-19(12-10-18)14-5-3-13(17)4-6-14/h3-6H,7-12H2,1-2H3,(H,20,21). The van der Waals surface area contributed by atoms with E-state index in [2.05, 4.69) is 9.80 Å². The van der Waals surface area contributed by atoms with Gasteiger partial charge in [-0.1, -0.05) is 11.6 Å². The van der Waals surface area contributed by atoms with Crippen LogP contribution >= 0.6 is 11.6 Å². The molecule has 1 saturated heterocycles. The first-order chi connectivity index (χ1) is 9.88. The van der Waals surface area contributed by atoms with Crippen LogP contribution in [-0.2, 0) is 4.79 Å². The predicted octanol–water partition coefficient (Wildman–Crippen LogP) is 2.96. The fourth-order valence-electron chi connectivity index (χ4n) is 2.43. The fraction of sp³-hybridized carbons (Fsp3) is 0.562. The molecular weight excluding hydrogens is 288 g/mol. The van der Waals surface area contributed by atoms with E-state index < -0.39 is 11.4 Å². The molecule has 0 amide bonds. The Morgan fingerprint density at radius 1 is 1.19 bits per heavy atom. The van der Waals surface area contributed by atoms with Crippen molar-refractivity contribution in [3.8, 4) is 0 Å². The largest absolute Gasteiger partial charge is 0.481 e. The van der Waals surface area contributed by atoms with Crippen molar-refractivity contribution < 1.29 is 9.90 Å². The quantitative estimate of drug-likeness (QED) is 0.908. The van der Waals surface area contributed by atoms with Crippen LogP contribution in [0.15, 0.2) is 24.3 Å². The minimum Gasteiger partial charge on any atom is -0.481 e. The topological polar surface area (TPSA) is 43.8 Å². The molecule has 4 nitrogen and oxygen atoms in total. The number of carboxylic acids is 1. The van der Waals surface area contributed by atoms with E-state index >= 15 is 0 Å². The molecule has 0 aliphatic carbocycles. The average Bonchev–Trinajstić information content (AvgIpc) is 2.46. The number of aliphatic carboxylic acids is 1. The van der Waals surface area contributed by atoms with E-state index in [1.807, 2.05) is 24.3 Å². The van der Waals surface area contributed by atoms with Crippen LogP contribution in [-0.4, -0.2) is 48.7 Å². The molecule has 0 spiro atoms. The van der Waals surface area contributed by atoms with Gasteiger partial charge in [0.05, 0.1) is 5.41 Å². The minimum atomic E-state index is -0.720. The van der Waals surface area contributed by atoms with Crippen molar-refractivity contribution in [2.75, 3.05) is 37.6 Å². The first-order valence-electron chi connectivity index (χ1n) is 7.35. The Labute approximate surface area is 131 Å². The number of anilines is 1. The summed E-state index contributed by atoms with van der Waals surface area (Å²) in [4.78, 5) is 15.8. The maximum Gasteiger partial charge on any atom is 0.309 e. The Kier molecular flexibility index (Phi) is 5.12. The smallest absolute Gasteiger partial charge is 0.309 e. The summed E-state index contributed by atoms with van der Waals surface area (Å²) in [5.41, 5.74) is 0.553. The Morgan fingerprint density at radius 2 is 1.76 bits per heavy atom. The second-order valence-corrected chi connectivity index (χ2v) is 6.68. The lowest BCUT2D eigenvalue weighted by Crippen LogP contribution is -2.47. The Hall–Kier alpha value is -1.26. The lowest BCUT2D eigenvalue weighted by atomic mass is 9.89. The first kappa shape index (κ1) is 16.1. The highest BCUT2D eigenvalue weighted by Gasteiger charge is 2.28. The molecule has 1 aliphatic heterocycles. The molecule has 0 bridgehead atoms. The molecule has 0 unspecified atom stereocenters. The van der Waals surface area contributed by atoms with E-state index in [0.717, 1.165) is 37.7 Å². The van der Waals surface area contributed by atoms with Gasteiger partial charge in [-0.2, -0.15) is 0 Å². The number of hydrogen-bond acceptors (Lipinski definition) is 3. The number of piperazine rings is 1. The monoisotopic (exact) mass is 310 g/mol. The molecule has 0 atom stereocenters. The molecule has 5 heteroatoms. The van der Waals surface area contributed by atoms with Crippen LogP contribution < -0.4 is 4.90 Å². The van der Waals surface area contributed by atoms with Crippen LogP contribution in [0.3, 0.4) is 0 Å². The lowest BCUT2D eigenvalue weighted by Gasteiger charge is -2.37. The zero-order valence-electron chi connectivity index (χ0n) is 12.7. The van der Waals surface area contributed by atoms with Crippen LogP contribution in [0.25, 0.3) is 0 Å². The summed E-state index contributed by atoms with van der Waals surface area (Å²) in [6, 6.07) is 7.92. The maximum atomic E-state index is 11.1. The van der Waals surface area contributed by atoms with Gasteiger partial charge in [-0.15, -0.1) is 0 Å². The number of carbonyl (C=O) groups is 1. The van der Waals surface area contributed by atoms with Crippen molar-refractivity contribution in [2.45, 2.75) is 20.3 Å². The molecule has 0 radical (unpaired) electrons. The van der Waals surface area contributed by atoms with Crippen molar-refractivity contribution in [2.24, 2.45) is 5.41 Å². The number of hydrogen-bond donors (Lipinski definition) is 1. The summed E-state index contributed by atoms with van der Waals surface area (Å²) in [7, 11) is 0. The van der Waals surface area contributed by atoms with Crippen molar-refractivity contribution in [1.82, 2.24) is 4.90 Å². The van der Waals surface area contributed by atoms with Crippen LogP contribution in [0.5, 0.6) is 0 Å². The van der Waals surface area contributed by atoms with E-state index in [1.54, 1.807) is 13.8 Å². The number of nitrogens with zero attached hydrogens (tertiary/aromatic N) is 2. The zero-order chi connectivity index (χ0) is 15.5. The van der Waals surface area contributed by atoms with Crippen LogP contribution in [0.2, 0.25) is 5.02 Å². The summed E-state index contributed by atoms with van der Waals surface area (Å²) >= 11 is 5.91. The van der Waals surface area contributed by atoms with Crippen LogP contribution in [0.4, 0.5) is 5.69 Å². The highest BCUT2D eigenvalue weighted by molar-refractivity contribution is 6.30. The van der Waals surface area contributed by atoms with E-state index in [-0.39, 0.29) is 0 Å². The molecule has 1 aliphatic rings. The van der Waals surface area contributed by atoms with Gasteiger partial charge >= 0.3 is 5.97 Å². The van der Waals surface area contributed by atoms with Gasteiger partial charge in [-0.3, -0.25) is 9.69 Å². The third-order valence-corrected chi connectivity index (χ3v) is 4.45. The van der Waals surface area contributed by atoms with Gasteiger partial charge in [0, 0.05) is 36.9 Å². The summed E-state index contributed by atoms with van der Waals surface area (Å²) in [5, 5.41) is 9.90. The second-order valence-electron chi connectivity index (χ2n) is 6.24. The maximum absolute atomic E-state index is 11.1. The number of benzene rings is 1. The molecule has 1 aromatic rings. The van der Waals surface area contributed by atoms with Gasteiger partial charge < -0.3 is 10.0 Å². The van der Waals surface area contributed by atoms with E-state index in [1.165, 1.54) is 5.69 Å². The van der Waals surface area contributed by atoms with Gasteiger partial charge in [0.2, 0.25) is 0 Å². The molecule has 1 fully saturated rings. The molecular formula is C16H23ClN2O2. The number of carboxylic acid groups (broad SMARTS) is 1. The Bertz CT molecular complexity index is 480. The van der Waals surface area contributed by atoms with Crippen LogP contribution in [0, 0.1) is 5.41 Å². The SMILES string of the molecule is CC(C)(CCN1CCN(c2ccc(Cl)cc2)CC1)C(=O)O. The summed E-state index contributed by atoms with van der Waals surface area (Å²) < 4.78 is 0. The lowest BCUT2D eigenvalue weighted by molar-refractivity contribution is -0.147. The molecule has 21 heavy (non-hydrogen) atoms. The van der Waals surface area contributed by atoms with Gasteiger partial charge in [0.15, 0.2) is 0 Å². The molecule has 2 rings (SSSR count). The minimum absolute atomic E-state index is 0.646. The highest BCUT2D eigenvalue weighted by Crippen LogP contribution is 2.23. The summed E-state index contributed by atoms with van der Waals surface area (Å²) in [5.74, 6) is -0.720. The highest BCUT2D eigenvalue weighted by atomic mass is 35.5. The molecule has 0 aromatic heterocycles. The summed E-state index contributed by atoms with van der Waals surface area (Å²) in [6.45, 7) is 8.30. The van der Waals surface area contributed by atoms with Gasteiger partial charge in [0.1, 0.15) is 0 Å². The number of rotatable bonds is 5. The molecule has 0 saturated carbocycles. The first-order valence-corrected chi connectivity index (χ1v) is 7.72. The van der Waals surface area contributed by atoms with E-state index in [0.29, 0.717) is 6.42 Å². The zero-order valence-corrected chi connectivity index (χ0v) is 13.4. The Morgan fingerprint density at radius 3 is 2.29 bits per heavy atom. The van der Waals surface area contributed by atoms with E-state index in [4.69, 9.17) is 16.7 Å². The number of halogens is 1. The van der Waals surface area contributed by atoms with Crippen molar-refractivity contribution in [1.29, 1.82) is 0 Å². The van der Waals surface area contributed by atoms with Gasteiger partial charge in [-0.25, -0.2) is 0 Å². The predicted molar refractivity (Wildman–Crippen MR) is 86.1 cm³/mol. The molecule has 1 heterocycles. The summed E-state index contributed by atoms with van der Waals surface area (Å²) in [6.07, 6.45) is 0.684. The molecule has 1 N–H and O–H groups in total.